The van der Waals surface area contributed by atoms with E-state index in [0.29, 0.717) is 12.3 Å². The van der Waals surface area contributed by atoms with Gasteiger partial charge in [-0.1, -0.05) is 0 Å². The summed E-state index contributed by atoms with van der Waals surface area (Å²) in [6, 6.07) is 3.78. The first-order valence-corrected chi connectivity index (χ1v) is 5.34. The fourth-order valence-electron chi connectivity index (χ4n) is 1.81. The van der Waals surface area contributed by atoms with Gasteiger partial charge in [-0.15, -0.1) is 12.4 Å². The fraction of sp³-hybridized carbons (Fsp3) is 0.333. The number of aromatic nitrogens is 2. The van der Waals surface area contributed by atoms with E-state index in [1.807, 2.05) is 26.0 Å². The smallest absolute Gasteiger partial charge is 0.0965 e. The third-order valence-electron chi connectivity index (χ3n) is 2.52. The molecule has 4 nitrogen and oxygen atoms in total. The molecular weight excluding hydrogens is 238 g/mol. The highest BCUT2D eigenvalue weighted by Crippen LogP contribution is 2.28. The van der Waals surface area contributed by atoms with Gasteiger partial charge in [0.1, 0.15) is 0 Å². The molecule has 0 radical (unpaired) electrons. The fourth-order valence-corrected chi connectivity index (χ4v) is 1.81. The van der Waals surface area contributed by atoms with Crippen molar-refractivity contribution >= 4 is 29.1 Å². The van der Waals surface area contributed by atoms with Crippen LogP contribution < -0.4 is 5.73 Å². The van der Waals surface area contributed by atoms with Gasteiger partial charge in [0.05, 0.1) is 29.0 Å². The summed E-state index contributed by atoms with van der Waals surface area (Å²) >= 11 is 0. The van der Waals surface area contributed by atoms with Crippen molar-refractivity contribution in [2.75, 3.05) is 12.3 Å². The van der Waals surface area contributed by atoms with Crippen molar-refractivity contribution in [1.82, 2.24) is 9.97 Å². The summed E-state index contributed by atoms with van der Waals surface area (Å²) in [5.41, 5.74) is 9.16. The second-order valence-electron chi connectivity index (χ2n) is 3.60. The standard InChI is InChI=1S/C12H15N3O.ClH/c1-3-16-8(2)11-9(13)7-15-10-5-4-6-14-12(10)11;/h4-8H,3,13H2,1-2H3;1H. The zero-order valence-corrected chi connectivity index (χ0v) is 10.7. The highest BCUT2D eigenvalue weighted by Gasteiger charge is 2.14. The number of nitrogens with two attached hydrogens (primary N) is 1. The number of fused-ring (bicyclic) bond motifs is 1. The van der Waals surface area contributed by atoms with Crippen LogP contribution in [0.2, 0.25) is 0 Å². The van der Waals surface area contributed by atoms with Gasteiger partial charge >= 0.3 is 0 Å². The lowest BCUT2D eigenvalue weighted by atomic mass is 10.1. The Hall–Kier alpha value is -1.39. The minimum atomic E-state index is -0.0644. The lowest BCUT2D eigenvalue weighted by molar-refractivity contribution is 0.0777. The molecule has 1 unspecified atom stereocenters. The van der Waals surface area contributed by atoms with E-state index in [9.17, 15) is 0 Å². The number of nitrogen functional groups attached to an aromatic ring is 1. The van der Waals surface area contributed by atoms with Crippen LogP contribution in [0.3, 0.4) is 0 Å². The number of rotatable bonds is 3. The Morgan fingerprint density at radius 1 is 1.41 bits per heavy atom. The van der Waals surface area contributed by atoms with Crippen molar-refractivity contribution in [3.05, 3.63) is 30.1 Å². The Morgan fingerprint density at radius 3 is 2.88 bits per heavy atom. The lowest BCUT2D eigenvalue weighted by Gasteiger charge is -2.15. The van der Waals surface area contributed by atoms with E-state index in [0.717, 1.165) is 16.6 Å². The maximum atomic E-state index is 5.94. The lowest BCUT2D eigenvalue weighted by Crippen LogP contribution is -2.06. The third-order valence-corrected chi connectivity index (χ3v) is 2.52. The maximum Gasteiger partial charge on any atom is 0.0965 e. The molecule has 2 aromatic rings. The average molecular weight is 254 g/mol. The Kier molecular flexibility index (Phi) is 4.66. The van der Waals surface area contributed by atoms with Crippen LogP contribution >= 0.6 is 12.4 Å². The van der Waals surface area contributed by atoms with Gasteiger partial charge in [0.2, 0.25) is 0 Å². The van der Waals surface area contributed by atoms with E-state index < -0.39 is 0 Å². The second kappa shape index (κ2) is 5.80. The van der Waals surface area contributed by atoms with Crippen LogP contribution in [0.5, 0.6) is 0 Å². The SMILES string of the molecule is CCOC(C)c1c(N)cnc2cccnc12.Cl. The average Bonchev–Trinajstić information content (AvgIpc) is 2.29. The van der Waals surface area contributed by atoms with E-state index in [2.05, 4.69) is 9.97 Å². The predicted molar refractivity (Wildman–Crippen MR) is 71.2 cm³/mol. The summed E-state index contributed by atoms with van der Waals surface area (Å²) in [6.45, 7) is 4.59. The molecule has 0 bridgehead atoms. The Balaban J connectivity index is 0.00000144. The molecule has 0 aliphatic carbocycles. The minimum Gasteiger partial charge on any atom is -0.397 e. The molecule has 0 saturated heterocycles. The summed E-state index contributed by atoms with van der Waals surface area (Å²) in [4.78, 5) is 8.56. The van der Waals surface area contributed by atoms with Gasteiger partial charge in [-0.3, -0.25) is 9.97 Å². The predicted octanol–water partition coefficient (Wildman–Crippen LogP) is 2.73. The van der Waals surface area contributed by atoms with Crippen LogP contribution in [0.4, 0.5) is 5.69 Å². The monoisotopic (exact) mass is 253 g/mol. The Morgan fingerprint density at radius 2 is 2.18 bits per heavy atom. The van der Waals surface area contributed by atoms with Crippen LogP contribution in [0.15, 0.2) is 24.5 Å². The summed E-state index contributed by atoms with van der Waals surface area (Å²) in [5.74, 6) is 0. The van der Waals surface area contributed by atoms with Gasteiger partial charge in [0, 0.05) is 18.4 Å². The molecule has 0 aromatic carbocycles. The van der Waals surface area contributed by atoms with Gasteiger partial charge in [-0.25, -0.2) is 0 Å². The van der Waals surface area contributed by atoms with Gasteiger partial charge in [-0.2, -0.15) is 0 Å². The van der Waals surface area contributed by atoms with Crippen molar-refractivity contribution in [2.45, 2.75) is 20.0 Å². The largest absolute Gasteiger partial charge is 0.397 e. The van der Waals surface area contributed by atoms with Crippen LogP contribution in [0, 0.1) is 0 Å². The van der Waals surface area contributed by atoms with Gasteiger partial charge in [-0.05, 0) is 26.0 Å². The van der Waals surface area contributed by atoms with Crippen molar-refractivity contribution in [2.24, 2.45) is 0 Å². The molecule has 92 valence electrons. The summed E-state index contributed by atoms with van der Waals surface area (Å²) in [5, 5.41) is 0. The molecule has 17 heavy (non-hydrogen) atoms. The molecule has 0 amide bonds. The number of halogens is 1. The Bertz CT molecular complexity index is 504. The van der Waals surface area contributed by atoms with Crippen molar-refractivity contribution < 1.29 is 4.74 Å². The van der Waals surface area contributed by atoms with Crippen molar-refractivity contribution in [1.29, 1.82) is 0 Å². The third kappa shape index (κ3) is 2.65. The Labute approximate surface area is 107 Å². The number of anilines is 1. The van der Waals surface area contributed by atoms with E-state index in [-0.39, 0.29) is 18.5 Å². The molecule has 0 spiro atoms. The van der Waals surface area contributed by atoms with Gasteiger partial charge < -0.3 is 10.5 Å². The van der Waals surface area contributed by atoms with Crippen molar-refractivity contribution in [3.8, 4) is 0 Å². The number of pyridine rings is 2. The highest BCUT2D eigenvalue weighted by molar-refractivity contribution is 5.85. The molecule has 2 rings (SSSR count). The molecule has 0 aliphatic heterocycles. The molecule has 0 fully saturated rings. The first-order valence-electron chi connectivity index (χ1n) is 5.34. The highest BCUT2D eigenvalue weighted by atomic mass is 35.5. The summed E-state index contributed by atoms with van der Waals surface area (Å²) < 4.78 is 5.57. The topological polar surface area (TPSA) is 61.0 Å². The van der Waals surface area contributed by atoms with E-state index in [4.69, 9.17) is 10.5 Å². The van der Waals surface area contributed by atoms with E-state index in [1.165, 1.54) is 0 Å². The zero-order chi connectivity index (χ0) is 11.5. The van der Waals surface area contributed by atoms with E-state index >= 15 is 0 Å². The molecule has 0 aliphatic rings. The zero-order valence-electron chi connectivity index (χ0n) is 9.88. The van der Waals surface area contributed by atoms with Crippen LogP contribution in [0.1, 0.15) is 25.5 Å². The number of hydrogen-bond acceptors (Lipinski definition) is 4. The molecule has 2 N–H and O–H groups in total. The molecule has 2 heterocycles. The minimum absolute atomic E-state index is 0. The molecular formula is C12H16ClN3O. The number of nitrogens with zero attached hydrogens (tertiary/aromatic N) is 2. The first-order chi connectivity index (χ1) is 7.74. The number of hydrogen-bond donors (Lipinski definition) is 1. The second-order valence-corrected chi connectivity index (χ2v) is 3.60. The van der Waals surface area contributed by atoms with Crippen LogP contribution in [0.25, 0.3) is 11.0 Å². The van der Waals surface area contributed by atoms with Crippen LogP contribution in [-0.4, -0.2) is 16.6 Å². The van der Waals surface area contributed by atoms with E-state index in [1.54, 1.807) is 12.4 Å². The quantitative estimate of drug-likeness (QED) is 0.914. The van der Waals surface area contributed by atoms with Gasteiger partial charge in [0.25, 0.3) is 0 Å². The van der Waals surface area contributed by atoms with Gasteiger partial charge in [0.15, 0.2) is 0 Å². The first kappa shape index (κ1) is 13.7. The normalized spacial score (nSPS) is 12.1. The molecule has 1 atom stereocenters. The van der Waals surface area contributed by atoms with Crippen molar-refractivity contribution in [3.63, 3.8) is 0 Å². The van der Waals surface area contributed by atoms with Crippen LogP contribution in [-0.2, 0) is 4.74 Å². The molecule has 5 heteroatoms. The summed E-state index contributed by atoms with van der Waals surface area (Å²) in [6.07, 6.45) is 3.34. The summed E-state index contributed by atoms with van der Waals surface area (Å²) in [7, 11) is 0. The number of ether oxygens (including phenoxy) is 1. The maximum absolute atomic E-state index is 5.94. The molecule has 2 aromatic heterocycles. The molecule has 0 saturated carbocycles.